The van der Waals surface area contributed by atoms with Gasteiger partial charge >= 0.3 is 5.69 Å². The summed E-state index contributed by atoms with van der Waals surface area (Å²) >= 11 is 5.96. The highest BCUT2D eigenvalue weighted by molar-refractivity contribution is 6.30. The van der Waals surface area contributed by atoms with Gasteiger partial charge in [-0.1, -0.05) is 48.0 Å². The summed E-state index contributed by atoms with van der Waals surface area (Å²) in [5.41, 5.74) is 0.955. The molecule has 0 atom stereocenters. The molecule has 0 radical (unpaired) electrons. The molecule has 7 nitrogen and oxygen atoms in total. The van der Waals surface area contributed by atoms with Crippen molar-refractivity contribution in [3.8, 4) is 0 Å². The minimum atomic E-state index is -0.553. The lowest BCUT2D eigenvalue weighted by Crippen LogP contribution is -2.42. The number of aromatic nitrogens is 3. The van der Waals surface area contributed by atoms with Crippen LogP contribution in [0.15, 0.2) is 82.5 Å². The molecule has 156 valence electrons. The molecule has 4 aromatic rings. The number of halogens is 1. The normalized spacial score (nSPS) is 10.9. The minimum absolute atomic E-state index is 0.144. The fourth-order valence-electron chi connectivity index (χ4n) is 3.39. The van der Waals surface area contributed by atoms with E-state index in [0.29, 0.717) is 22.6 Å². The Labute approximate surface area is 182 Å². The number of nitrogens with one attached hydrogen (secondary N) is 1. The average molecular weight is 435 g/mol. The van der Waals surface area contributed by atoms with Gasteiger partial charge in [0.15, 0.2) is 5.52 Å². The van der Waals surface area contributed by atoms with Gasteiger partial charge in [0.1, 0.15) is 6.54 Å². The lowest BCUT2D eigenvalue weighted by molar-refractivity contribution is -0.116. The number of nitrogens with zero attached hydrogens (tertiary/aromatic N) is 3. The van der Waals surface area contributed by atoms with Crippen molar-refractivity contribution in [1.82, 2.24) is 14.1 Å². The van der Waals surface area contributed by atoms with Gasteiger partial charge in [-0.2, -0.15) is 0 Å². The summed E-state index contributed by atoms with van der Waals surface area (Å²) in [6.45, 7) is -0.0801. The lowest BCUT2D eigenvalue weighted by atomic mass is 10.1. The van der Waals surface area contributed by atoms with Crippen LogP contribution >= 0.6 is 11.6 Å². The van der Waals surface area contributed by atoms with E-state index in [0.717, 1.165) is 10.1 Å². The Morgan fingerprint density at radius 3 is 2.55 bits per heavy atom. The number of carbonyl (C=O) groups excluding carboxylic acids is 1. The predicted molar refractivity (Wildman–Crippen MR) is 120 cm³/mol. The summed E-state index contributed by atoms with van der Waals surface area (Å²) in [5, 5.41) is 3.21. The minimum Gasteiger partial charge on any atom is -0.324 e. The fraction of sp³-hybridized carbons (Fsp3) is 0.130. The van der Waals surface area contributed by atoms with E-state index in [4.69, 9.17) is 11.6 Å². The van der Waals surface area contributed by atoms with Gasteiger partial charge in [-0.05, 0) is 42.3 Å². The van der Waals surface area contributed by atoms with Crippen molar-refractivity contribution in [1.29, 1.82) is 0 Å². The Balaban J connectivity index is 1.69. The lowest BCUT2D eigenvalue weighted by Gasteiger charge is -2.14. The first-order valence-electron chi connectivity index (χ1n) is 9.70. The number of benzene rings is 2. The molecule has 31 heavy (non-hydrogen) atoms. The average Bonchev–Trinajstić information content (AvgIpc) is 2.77. The molecule has 2 heterocycles. The number of fused-ring (bicyclic) bond motifs is 1. The third-order valence-corrected chi connectivity index (χ3v) is 5.10. The summed E-state index contributed by atoms with van der Waals surface area (Å²) in [5.74, 6) is -0.414. The molecule has 2 aromatic heterocycles. The molecule has 0 fully saturated rings. The van der Waals surface area contributed by atoms with Crippen LogP contribution in [0.5, 0.6) is 0 Å². The number of rotatable bonds is 6. The van der Waals surface area contributed by atoms with Crippen LogP contribution in [0.1, 0.15) is 5.56 Å². The van der Waals surface area contributed by atoms with Crippen LogP contribution in [0.3, 0.4) is 0 Å². The third-order valence-electron chi connectivity index (χ3n) is 4.86. The van der Waals surface area contributed by atoms with Crippen molar-refractivity contribution in [3.05, 3.63) is 104 Å². The second kappa shape index (κ2) is 8.97. The quantitative estimate of drug-likeness (QED) is 0.505. The number of hydrogen-bond donors (Lipinski definition) is 1. The summed E-state index contributed by atoms with van der Waals surface area (Å²) in [6, 6.07) is 19.5. The maximum absolute atomic E-state index is 13.2. The van der Waals surface area contributed by atoms with Gasteiger partial charge in [0, 0.05) is 23.5 Å². The molecule has 0 aliphatic carbocycles. The fourth-order valence-corrected chi connectivity index (χ4v) is 3.58. The Bertz CT molecular complexity index is 1360. The molecule has 0 aliphatic heterocycles. The van der Waals surface area contributed by atoms with Gasteiger partial charge in [0.2, 0.25) is 5.91 Å². The van der Waals surface area contributed by atoms with Crippen molar-refractivity contribution < 1.29 is 4.79 Å². The Morgan fingerprint density at radius 2 is 1.77 bits per heavy atom. The number of amides is 1. The Hall–Kier alpha value is -3.71. The van der Waals surface area contributed by atoms with E-state index in [2.05, 4.69) is 10.3 Å². The van der Waals surface area contributed by atoms with Gasteiger partial charge in [-0.15, -0.1) is 0 Å². The topological polar surface area (TPSA) is 86.0 Å². The number of carbonyl (C=O) groups is 1. The van der Waals surface area contributed by atoms with E-state index in [1.807, 2.05) is 30.3 Å². The van der Waals surface area contributed by atoms with Gasteiger partial charge in [-0.3, -0.25) is 18.7 Å². The second-order valence-corrected chi connectivity index (χ2v) is 7.43. The standard InChI is InChI=1S/C23H19ClN4O3/c24-17-8-4-9-18(14-17)26-20(29)15-28-19-10-5-12-25-21(19)22(30)27(23(28)31)13-11-16-6-2-1-3-7-16/h1-10,12,14H,11,13,15H2,(H,26,29). The molecule has 0 saturated heterocycles. The van der Waals surface area contributed by atoms with Crippen LogP contribution in [0, 0.1) is 0 Å². The molecule has 0 spiro atoms. The predicted octanol–water partition coefficient (Wildman–Crippen LogP) is 3.09. The highest BCUT2D eigenvalue weighted by Crippen LogP contribution is 2.15. The van der Waals surface area contributed by atoms with E-state index in [9.17, 15) is 14.4 Å². The molecule has 0 bridgehead atoms. The van der Waals surface area contributed by atoms with E-state index < -0.39 is 17.2 Å². The van der Waals surface area contributed by atoms with Crippen molar-refractivity contribution >= 4 is 34.2 Å². The Kier molecular flexibility index (Phi) is 5.95. The first-order valence-corrected chi connectivity index (χ1v) is 10.1. The number of aryl methyl sites for hydroxylation is 1. The van der Waals surface area contributed by atoms with E-state index >= 15 is 0 Å². The molecule has 0 saturated carbocycles. The zero-order valence-corrected chi connectivity index (χ0v) is 17.2. The number of anilines is 1. The largest absolute Gasteiger partial charge is 0.332 e. The molecule has 1 amide bonds. The molecule has 1 N–H and O–H groups in total. The molecule has 8 heteroatoms. The molecule has 0 unspecified atom stereocenters. The Morgan fingerprint density at radius 1 is 0.968 bits per heavy atom. The monoisotopic (exact) mass is 434 g/mol. The van der Waals surface area contributed by atoms with E-state index in [1.165, 1.54) is 10.8 Å². The van der Waals surface area contributed by atoms with Crippen LogP contribution in [-0.4, -0.2) is 20.0 Å². The van der Waals surface area contributed by atoms with Crippen LogP contribution in [0.25, 0.3) is 11.0 Å². The van der Waals surface area contributed by atoms with Gasteiger partial charge in [-0.25, -0.2) is 9.78 Å². The third kappa shape index (κ3) is 4.57. The molecular weight excluding hydrogens is 416 g/mol. The summed E-state index contributed by atoms with van der Waals surface area (Å²) in [7, 11) is 0. The van der Waals surface area contributed by atoms with E-state index in [1.54, 1.807) is 36.4 Å². The molecule has 4 rings (SSSR count). The maximum Gasteiger partial charge on any atom is 0.332 e. The van der Waals surface area contributed by atoms with Gasteiger partial charge in [0.25, 0.3) is 5.56 Å². The van der Waals surface area contributed by atoms with E-state index in [-0.39, 0.29) is 18.6 Å². The first-order chi connectivity index (χ1) is 15.0. The van der Waals surface area contributed by atoms with Crippen molar-refractivity contribution in [2.24, 2.45) is 0 Å². The van der Waals surface area contributed by atoms with Gasteiger partial charge in [0.05, 0.1) is 5.52 Å². The molecular formula is C23H19ClN4O3. The summed E-state index contributed by atoms with van der Waals surface area (Å²) in [4.78, 5) is 42.9. The smallest absolute Gasteiger partial charge is 0.324 e. The number of pyridine rings is 1. The van der Waals surface area contributed by atoms with Gasteiger partial charge < -0.3 is 5.32 Å². The number of hydrogen-bond acceptors (Lipinski definition) is 4. The van der Waals surface area contributed by atoms with Crippen LogP contribution in [0.2, 0.25) is 5.02 Å². The zero-order chi connectivity index (χ0) is 21.8. The maximum atomic E-state index is 13.2. The van der Waals surface area contributed by atoms with Crippen molar-refractivity contribution in [3.63, 3.8) is 0 Å². The zero-order valence-electron chi connectivity index (χ0n) is 16.5. The van der Waals surface area contributed by atoms with Crippen molar-refractivity contribution in [2.75, 3.05) is 5.32 Å². The molecule has 2 aromatic carbocycles. The van der Waals surface area contributed by atoms with Crippen molar-refractivity contribution in [2.45, 2.75) is 19.5 Å². The van der Waals surface area contributed by atoms with Crippen LogP contribution in [-0.2, 0) is 24.3 Å². The second-order valence-electron chi connectivity index (χ2n) is 6.99. The molecule has 0 aliphatic rings. The summed E-state index contributed by atoms with van der Waals surface area (Å²) in [6.07, 6.45) is 2.00. The highest BCUT2D eigenvalue weighted by atomic mass is 35.5. The first kappa shape index (κ1) is 20.6. The van der Waals surface area contributed by atoms with Crippen LogP contribution in [0.4, 0.5) is 5.69 Å². The van der Waals surface area contributed by atoms with Crippen LogP contribution < -0.4 is 16.6 Å². The SMILES string of the molecule is O=C(Cn1c(=O)n(CCc2ccccc2)c(=O)c2ncccc21)Nc1cccc(Cl)c1. The summed E-state index contributed by atoms with van der Waals surface area (Å²) < 4.78 is 2.41. The highest BCUT2D eigenvalue weighted by Gasteiger charge is 2.16.